The number of anilines is 1. The van der Waals surface area contributed by atoms with E-state index in [0.29, 0.717) is 11.4 Å². The summed E-state index contributed by atoms with van der Waals surface area (Å²) in [6, 6.07) is 1.67. The van der Waals surface area contributed by atoms with Gasteiger partial charge in [0, 0.05) is 11.4 Å². The fourth-order valence-corrected chi connectivity index (χ4v) is 2.73. The van der Waals surface area contributed by atoms with Crippen LogP contribution in [0.2, 0.25) is 0 Å². The molecule has 144 valence electrons. The Morgan fingerprint density at radius 3 is 2.44 bits per heavy atom. The van der Waals surface area contributed by atoms with Crippen LogP contribution in [-0.4, -0.2) is 33.8 Å². The largest absolute Gasteiger partial charge is 0.462 e. The number of nitrogens with one attached hydrogen (secondary N) is 1. The highest BCUT2D eigenvalue weighted by Crippen LogP contribution is 2.28. The Bertz CT molecular complexity index is 970. The number of aromatic nitrogens is 2. The van der Waals surface area contributed by atoms with Gasteiger partial charge in [0.25, 0.3) is 0 Å². The van der Waals surface area contributed by atoms with Crippen LogP contribution >= 0.6 is 0 Å². The minimum absolute atomic E-state index is 0.0501. The Kier molecular flexibility index (Phi) is 5.94. The van der Waals surface area contributed by atoms with E-state index in [1.807, 2.05) is 0 Å². The molecule has 27 heavy (non-hydrogen) atoms. The molecule has 0 aliphatic rings. The van der Waals surface area contributed by atoms with Gasteiger partial charge >= 0.3 is 11.7 Å². The Morgan fingerprint density at radius 2 is 1.89 bits per heavy atom. The van der Waals surface area contributed by atoms with E-state index in [4.69, 9.17) is 9.15 Å². The molecule has 1 amide bonds. The van der Waals surface area contributed by atoms with Gasteiger partial charge in [0.15, 0.2) is 5.78 Å². The number of nitrogens with zero attached hydrogens (tertiary/aromatic N) is 2. The Balaban J connectivity index is 2.36. The maximum atomic E-state index is 12.4. The SMILES string of the molecule is CCOC(=O)c1c(NC(=O)Cn2c(C)cc(C)nc2=O)oc(C)c1C(C)=O. The first-order valence-corrected chi connectivity index (χ1v) is 8.32. The summed E-state index contributed by atoms with van der Waals surface area (Å²) in [6.45, 7) is 7.54. The number of furan rings is 1. The lowest BCUT2D eigenvalue weighted by Gasteiger charge is -2.10. The summed E-state index contributed by atoms with van der Waals surface area (Å²) in [5, 5.41) is 2.44. The Morgan fingerprint density at radius 1 is 1.22 bits per heavy atom. The number of ether oxygens (including phenoxy) is 1. The molecule has 2 heterocycles. The topological polar surface area (TPSA) is 120 Å². The average Bonchev–Trinajstić information content (AvgIpc) is 2.87. The number of ketones is 1. The molecule has 0 spiro atoms. The van der Waals surface area contributed by atoms with E-state index in [9.17, 15) is 19.2 Å². The number of rotatable bonds is 6. The predicted octanol–water partition coefficient (Wildman–Crippen LogP) is 1.78. The number of amides is 1. The first kappa shape index (κ1) is 20.1. The summed E-state index contributed by atoms with van der Waals surface area (Å²) < 4.78 is 11.6. The van der Waals surface area contributed by atoms with Gasteiger partial charge in [0.2, 0.25) is 11.8 Å². The van der Waals surface area contributed by atoms with Crippen molar-refractivity contribution >= 4 is 23.5 Å². The molecule has 0 saturated carbocycles. The van der Waals surface area contributed by atoms with Gasteiger partial charge in [-0.05, 0) is 40.7 Å². The Labute approximate surface area is 155 Å². The summed E-state index contributed by atoms with van der Waals surface area (Å²) in [6.07, 6.45) is 0. The standard InChI is InChI=1S/C18H21N3O6/c1-6-26-17(24)15-14(11(4)22)12(5)27-16(15)20-13(23)8-21-10(3)7-9(2)19-18(21)25/h7H,6,8H2,1-5H3,(H,20,23). The van der Waals surface area contributed by atoms with E-state index in [2.05, 4.69) is 10.3 Å². The van der Waals surface area contributed by atoms with Gasteiger partial charge in [-0.2, -0.15) is 4.98 Å². The smallest absolute Gasteiger partial charge is 0.348 e. The predicted molar refractivity (Wildman–Crippen MR) is 96.0 cm³/mol. The quantitative estimate of drug-likeness (QED) is 0.603. The zero-order chi connectivity index (χ0) is 20.3. The van der Waals surface area contributed by atoms with Crippen molar-refractivity contribution < 1.29 is 23.5 Å². The van der Waals surface area contributed by atoms with Crippen molar-refractivity contribution in [2.75, 3.05) is 11.9 Å². The lowest BCUT2D eigenvalue weighted by atomic mass is 10.1. The first-order valence-electron chi connectivity index (χ1n) is 8.32. The fraction of sp³-hybridized carbons (Fsp3) is 0.389. The van der Waals surface area contributed by atoms with Crippen LogP contribution in [0, 0.1) is 20.8 Å². The maximum Gasteiger partial charge on any atom is 0.348 e. The van der Waals surface area contributed by atoms with Crippen molar-refractivity contribution in [3.8, 4) is 0 Å². The normalized spacial score (nSPS) is 10.6. The molecule has 1 N–H and O–H groups in total. The summed E-state index contributed by atoms with van der Waals surface area (Å²) in [5.74, 6) is -1.78. The van der Waals surface area contributed by atoms with Crippen LogP contribution < -0.4 is 11.0 Å². The second-order valence-electron chi connectivity index (χ2n) is 5.97. The van der Waals surface area contributed by atoms with E-state index in [1.165, 1.54) is 18.4 Å². The molecule has 0 bridgehead atoms. The van der Waals surface area contributed by atoms with Gasteiger partial charge in [-0.25, -0.2) is 9.59 Å². The third-order valence-electron chi connectivity index (χ3n) is 3.82. The molecule has 0 saturated heterocycles. The third kappa shape index (κ3) is 4.30. The van der Waals surface area contributed by atoms with E-state index < -0.39 is 23.3 Å². The average molecular weight is 375 g/mol. The minimum atomic E-state index is -0.778. The monoisotopic (exact) mass is 375 g/mol. The second-order valence-corrected chi connectivity index (χ2v) is 5.97. The third-order valence-corrected chi connectivity index (χ3v) is 3.82. The first-order chi connectivity index (χ1) is 12.6. The van der Waals surface area contributed by atoms with Gasteiger partial charge in [-0.3, -0.25) is 19.5 Å². The van der Waals surface area contributed by atoms with Gasteiger partial charge < -0.3 is 9.15 Å². The molecule has 9 heteroatoms. The van der Waals surface area contributed by atoms with Crippen LogP contribution in [-0.2, 0) is 16.1 Å². The van der Waals surface area contributed by atoms with E-state index in [-0.39, 0.29) is 35.9 Å². The number of hydrogen-bond donors (Lipinski definition) is 1. The molecule has 2 rings (SSSR count). The molecule has 9 nitrogen and oxygen atoms in total. The summed E-state index contributed by atoms with van der Waals surface area (Å²) in [5.41, 5.74) is 0.462. The van der Waals surface area contributed by atoms with Crippen LogP contribution in [0.5, 0.6) is 0 Å². The van der Waals surface area contributed by atoms with Crippen LogP contribution in [0.15, 0.2) is 15.3 Å². The van der Waals surface area contributed by atoms with Crippen molar-refractivity contribution in [3.63, 3.8) is 0 Å². The number of hydrogen-bond acceptors (Lipinski definition) is 7. The number of carbonyl (C=O) groups is 3. The van der Waals surface area contributed by atoms with Gasteiger partial charge in [0.1, 0.15) is 17.9 Å². The molecule has 0 aromatic carbocycles. The molecule has 0 atom stereocenters. The molecular formula is C18H21N3O6. The van der Waals surface area contributed by atoms with Crippen LogP contribution in [0.3, 0.4) is 0 Å². The Hall–Kier alpha value is -3.23. The highest BCUT2D eigenvalue weighted by atomic mass is 16.5. The molecular weight excluding hydrogens is 354 g/mol. The molecule has 0 aliphatic carbocycles. The number of carbonyl (C=O) groups excluding carboxylic acids is 3. The molecule has 0 aliphatic heterocycles. The molecule has 2 aromatic rings. The molecule has 0 fully saturated rings. The van der Waals surface area contributed by atoms with Crippen LogP contribution in [0.1, 0.15) is 51.7 Å². The highest BCUT2D eigenvalue weighted by molar-refractivity contribution is 6.10. The molecule has 0 radical (unpaired) electrons. The zero-order valence-corrected chi connectivity index (χ0v) is 15.8. The van der Waals surface area contributed by atoms with Crippen molar-refractivity contribution in [1.82, 2.24) is 9.55 Å². The van der Waals surface area contributed by atoms with Crippen molar-refractivity contribution in [3.05, 3.63) is 44.8 Å². The molecule has 0 unspecified atom stereocenters. The number of aryl methyl sites for hydroxylation is 3. The summed E-state index contributed by atoms with van der Waals surface area (Å²) in [4.78, 5) is 52.3. The summed E-state index contributed by atoms with van der Waals surface area (Å²) in [7, 11) is 0. The van der Waals surface area contributed by atoms with E-state index >= 15 is 0 Å². The van der Waals surface area contributed by atoms with E-state index in [1.54, 1.807) is 26.8 Å². The lowest BCUT2D eigenvalue weighted by molar-refractivity contribution is -0.116. The second kappa shape index (κ2) is 7.98. The van der Waals surface area contributed by atoms with Gasteiger partial charge in [-0.1, -0.05) is 0 Å². The van der Waals surface area contributed by atoms with Gasteiger partial charge in [-0.15, -0.1) is 0 Å². The van der Waals surface area contributed by atoms with Gasteiger partial charge in [0.05, 0.1) is 12.2 Å². The minimum Gasteiger partial charge on any atom is -0.462 e. The van der Waals surface area contributed by atoms with Crippen LogP contribution in [0.4, 0.5) is 5.88 Å². The maximum absolute atomic E-state index is 12.4. The zero-order valence-electron chi connectivity index (χ0n) is 15.8. The lowest BCUT2D eigenvalue weighted by Crippen LogP contribution is -2.31. The van der Waals surface area contributed by atoms with Crippen molar-refractivity contribution in [1.29, 1.82) is 0 Å². The summed E-state index contributed by atoms with van der Waals surface area (Å²) >= 11 is 0. The van der Waals surface area contributed by atoms with Crippen molar-refractivity contribution in [2.45, 2.75) is 41.2 Å². The van der Waals surface area contributed by atoms with Crippen LogP contribution in [0.25, 0.3) is 0 Å². The molecule has 2 aromatic heterocycles. The van der Waals surface area contributed by atoms with Crippen molar-refractivity contribution in [2.24, 2.45) is 0 Å². The highest BCUT2D eigenvalue weighted by Gasteiger charge is 2.28. The van der Waals surface area contributed by atoms with E-state index in [0.717, 1.165) is 0 Å². The number of Topliss-reactive ketones (excluding diaryl/α,β-unsaturated/α-hetero) is 1. The number of esters is 1. The fourth-order valence-electron chi connectivity index (χ4n) is 2.73.